The summed E-state index contributed by atoms with van der Waals surface area (Å²) in [6.07, 6.45) is 1.55. The molecule has 1 N–H and O–H groups in total. The number of thioether (sulfide) groups is 1. The van der Waals surface area contributed by atoms with Crippen molar-refractivity contribution in [1.82, 2.24) is 4.90 Å². The number of imide groups is 1. The molecule has 1 aliphatic rings. The summed E-state index contributed by atoms with van der Waals surface area (Å²) in [5.74, 6) is -0.229. The molecule has 12 heteroatoms. The van der Waals surface area contributed by atoms with Gasteiger partial charge in [0, 0.05) is 17.8 Å². The Labute approximate surface area is 241 Å². The van der Waals surface area contributed by atoms with Crippen LogP contribution in [0.2, 0.25) is 0 Å². The first kappa shape index (κ1) is 28.1. The average Bonchev–Trinajstić information content (AvgIpc) is 3.15. The normalized spacial score (nSPS) is 14.0. The second kappa shape index (κ2) is 12.3. The number of nitrogens with one attached hydrogen (secondary N) is 1. The Bertz CT molecular complexity index is 1510. The van der Waals surface area contributed by atoms with Gasteiger partial charge in [-0.1, -0.05) is 24.3 Å². The molecule has 200 valence electrons. The lowest BCUT2D eigenvalue weighted by atomic mass is 10.1. The molecule has 0 aliphatic carbocycles. The maximum atomic E-state index is 12.9. The van der Waals surface area contributed by atoms with E-state index in [1.165, 1.54) is 19.2 Å². The number of methoxy groups -OCH3 is 1. The number of carbonyl (C=O) groups is 3. The second-order valence-electron chi connectivity index (χ2n) is 8.44. The van der Waals surface area contributed by atoms with Crippen LogP contribution in [0.15, 0.2) is 65.6 Å². The molecule has 1 heterocycles. The number of hydrogen-bond acceptors (Lipinski definition) is 8. The largest absolute Gasteiger partial charge is 0.493 e. The average molecular weight is 659 g/mol. The van der Waals surface area contributed by atoms with Gasteiger partial charge < -0.3 is 14.8 Å². The Balaban J connectivity index is 1.47. The van der Waals surface area contributed by atoms with Crippen LogP contribution in [0.5, 0.6) is 11.5 Å². The molecule has 0 unspecified atom stereocenters. The Morgan fingerprint density at radius 3 is 2.64 bits per heavy atom. The van der Waals surface area contributed by atoms with Crippen LogP contribution in [-0.4, -0.2) is 40.5 Å². The number of halogens is 1. The molecule has 39 heavy (non-hydrogen) atoms. The first-order valence-electron chi connectivity index (χ1n) is 11.5. The lowest BCUT2D eigenvalue weighted by molar-refractivity contribution is -0.384. The summed E-state index contributed by atoms with van der Waals surface area (Å²) in [6.45, 7) is 1.57. The predicted octanol–water partition coefficient (Wildman–Crippen LogP) is 5.77. The molecule has 1 fully saturated rings. The first-order chi connectivity index (χ1) is 18.6. The zero-order valence-corrected chi connectivity index (χ0v) is 23.8. The summed E-state index contributed by atoms with van der Waals surface area (Å²) in [7, 11) is 1.47. The lowest BCUT2D eigenvalue weighted by Crippen LogP contribution is -2.36. The van der Waals surface area contributed by atoms with Gasteiger partial charge in [-0.3, -0.25) is 29.4 Å². The van der Waals surface area contributed by atoms with E-state index in [-0.39, 0.29) is 17.2 Å². The van der Waals surface area contributed by atoms with Crippen LogP contribution in [0, 0.1) is 20.6 Å². The summed E-state index contributed by atoms with van der Waals surface area (Å²) >= 11 is 2.81. The number of benzene rings is 3. The van der Waals surface area contributed by atoms with Crippen LogP contribution in [0.25, 0.3) is 6.08 Å². The summed E-state index contributed by atoms with van der Waals surface area (Å²) in [4.78, 5) is 49.6. The van der Waals surface area contributed by atoms with E-state index in [1.54, 1.807) is 48.5 Å². The topological polar surface area (TPSA) is 128 Å². The summed E-state index contributed by atoms with van der Waals surface area (Å²) in [5.41, 5.74) is 2.72. The number of hydrogen-bond donors (Lipinski definition) is 1. The van der Waals surface area contributed by atoms with Crippen molar-refractivity contribution in [1.29, 1.82) is 0 Å². The smallest absolute Gasteiger partial charge is 0.294 e. The minimum absolute atomic E-state index is 0.0327. The van der Waals surface area contributed by atoms with Crippen LogP contribution in [0.4, 0.5) is 16.2 Å². The van der Waals surface area contributed by atoms with Gasteiger partial charge in [0.25, 0.3) is 16.8 Å². The fraction of sp³-hybridized carbons (Fsp3) is 0.148. The highest BCUT2D eigenvalue weighted by Gasteiger charge is 2.36. The molecule has 0 spiro atoms. The number of nitro groups is 1. The number of anilines is 1. The molecule has 0 bridgehead atoms. The number of ether oxygens (including phenoxy) is 2. The highest BCUT2D eigenvalue weighted by atomic mass is 127. The van der Waals surface area contributed by atoms with E-state index >= 15 is 0 Å². The number of nitro benzene ring substituents is 1. The van der Waals surface area contributed by atoms with Crippen molar-refractivity contribution in [3.05, 3.63) is 95.9 Å². The Morgan fingerprint density at radius 2 is 1.92 bits per heavy atom. The first-order valence-corrected chi connectivity index (χ1v) is 13.4. The van der Waals surface area contributed by atoms with Crippen LogP contribution in [0.1, 0.15) is 16.7 Å². The molecule has 0 saturated carbocycles. The second-order valence-corrected chi connectivity index (χ2v) is 10.6. The van der Waals surface area contributed by atoms with Crippen molar-refractivity contribution >= 4 is 68.9 Å². The standard InChI is InChI=1S/C27H22IN3O7S/c1-16-5-3-7-19(9-16)29-24(32)14-30-26(33)23(39-27(30)34)13-18-11-21(28)25(22(12-18)37-2)38-15-17-6-4-8-20(10-17)31(35)36/h3-13H,14-15H2,1-2H3,(H,29,32)/b23-13-. The molecule has 1 saturated heterocycles. The summed E-state index contributed by atoms with van der Waals surface area (Å²) in [5, 5.41) is 13.2. The Kier molecular flexibility index (Phi) is 8.86. The lowest BCUT2D eigenvalue weighted by Gasteiger charge is -2.14. The van der Waals surface area contributed by atoms with Crippen LogP contribution in [-0.2, 0) is 16.2 Å². The third kappa shape index (κ3) is 6.95. The quantitative estimate of drug-likeness (QED) is 0.133. The fourth-order valence-corrected chi connectivity index (χ4v) is 5.35. The summed E-state index contributed by atoms with van der Waals surface area (Å²) in [6, 6.07) is 16.8. The number of aryl methyl sites for hydroxylation is 1. The van der Waals surface area contributed by atoms with E-state index in [4.69, 9.17) is 9.47 Å². The van der Waals surface area contributed by atoms with Crippen molar-refractivity contribution in [3.8, 4) is 11.5 Å². The zero-order valence-electron chi connectivity index (χ0n) is 20.8. The number of amides is 3. The SMILES string of the molecule is COc1cc(/C=C2\SC(=O)N(CC(=O)Nc3cccc(C)c3)C2=O)cc(I)c1OCc1cccc([N+](=O)[O-])c1. The van der Waals surface area contributed by atoms with Crippen molar-refractivity contribution < 1.29 is 28.8 Å². The number of non-ortho nitro benzene ring substituents is 1. The molecule has 3 amide bonds. The molecule has 10 nitrogen and oxygen atoms in total. The monoisotopic (exact) mass is 659 g/mol. The van der Waals surface area contributed by atoms with Gasteiger partial charge in [-0.2, -0.15) is 0 Å². The molecule has 0 radical (unpaired) electrons. The van der Waals surface area contributed by atoms with Gasteiger partial charge in [0.15, 0.2) is 11.5 Å². The molecule has 3 aromatic rings. The van der Waals surface area contributed by atoms with Gasteiger partial charge in [-0.05, 0) is 88.3 Å². The van der Waals surface area contributed by atoms with Crippen molar-refractivity contribution in [3.63, 3.8) is 0 Å². The molecule has 0 aromatic heterocycles. The van der Waals surface area contributed by atoms with E-state index in [0.29, 0.717) is 31.9 Å². The number of rotatable bonds is 9. The van der Waals surface area contributed by atoms with Gasteiger partial charge in [0.05, 0.1) is 20.5 Å². The van der Waals surface area contributed by atoms with Crippen molar-refractivity contribution in [2.24, 2.45) is 0 Å². The molecular formula is C27H22IN3O7S. The molecular weight excluding hydrogens is 637 g/mol. The molecule has 1 aliphatic heterocycles. The van der Waals surface area contributed by atoms with Gasteiger partial charge in [-0.25, -0.2) is 0 Å². The van der Waals surface area contributed by atoms with Crippen LogP contribution < -0.4 is 14.8 Å². The van der Waals surface area contributed by atoms with E-state index in [1.807, 2.05) is 13.0 Å². The maximum Gasteiger partial charge on any atom is 0.294 e. The third-order valence-electron chi connectivity index (χ3n) is 5.53. The molecule has 4 rings (SSSR count). The van der Waals surface area contributed by atoms with Gasteiger partial charge in [0.1, 0.15) is 13.2 Å². The van der Waals surface area contributed by atoms with E-state index < -0.39 is 28.5 Å². The Morgan fingerprint density at radius 1 is 1.15 bits per heavy atom. The predicted molar refractivity (Wildman–Crippen MR) is 156 cm³/mol. The number of carbonyl (C=O) groups excluding carboxylic acids is 3. The minimum atomic E-state index is -0.565. The van der Waals surface area contributed by atoms with Crippen LogP contribution >= 0.6 is 34.4 Å². The van der Waals surface area contributed by atoms with E-state index in [9.17, 15) is 24.5 Å². The van der Waals surface area contributed by atoms with Crippen LogP contribution in [0.3, 0.4) is 0 Å². The highest BCUT2D eigenvalue weighted by molar-refractivity contribution is 14.1. The maximum absolute atomic E-state index is 12.9. The van der Waals surface area contributed by atoms with Gasteiger partial charge in [0.2, 0.25) is 5.91 Å². The van der Waals surface area contributed by atoms with Crippen molar-refractivity contribution in [2.45, 2.75) is 13.5 Å². The zero-order chi connectivity index (χ0) is 28.1. The van der Waals surface area contributed by atoms with Gasteiger partial charge >= 0.3 is 0 Å². The van der Waals surface area contributed by atoms with Crippen molar-refractivity contribution in [2.75, 3.05) is 19.0 Å². The van der Waals surface area contributed by atoms with E-state index in [2.05, 4.69) is 27.9 Å². The number of nitrogens with zero attached hydrogens (tertiary/aromatic N) is 2. The summed E-state index contributed by atoms with van der Waals surface area (Å²) < 4.78 is 12.1. The highest BCUT2D eigenvalue weighted by Crippen LogP contribution is 2.37. The molecule has 0 atom stereocenters. The minimum Gasteiger partial charge on any atom is -0.493 e. The fourth-order valence-electron chi connectivity index (χ4n) is 3.73. The van der Waals surface area contributed by atoms with E-state index in [0.717, 1.165) is 22.2 Å². The Hall–Kier alpha value is -3.91. The molecule has 3 aromatic carbocycles. The van der Waals surface area contributed by atoms with Gasteiger partial charge in [-0.15, -0.1) is 0 Å². The third-order valence-corrected chi connectivity index (χ3v) is 7.24.